The Labute approximate surface area is 91.8 Å². The fraction of sp³-hybridized carbons (Fsp3) is 0.500. The Morgan fingerprint density at radius 2 is 1.94 bits per heavy atom. The maximum atomic E-state index is 12.1. The largest absolute Gasteiger partial charge is 0.332 e. The fourth-order valence-corrected chi connectivity index (χ4v) is 1.84. The van der Waals surface area contributed by atoms with Gasteiger partial charge in [0, 0.05) is 20.1 Å². The van der Waals surface area contributed by atoms with Gasteiger partial charge in [-0.3, -0.25) is 13.9 Å². The summed E-state index contributed by atoms with van der Waals surface area (Å²) in [6.45, 7) is 4.74. The van der Waals surface area contributed by atoms with Gasteiger partial charge in [0.2, 0.25) is 0 Å². The molecule has 0 saturated carbocycles. The van der Waals surface area contributed by atoms with Crippen molar-refractivity contribution in [1.29, 1.82) is 0 Å². The van der Waals surface area contributed by atoms with E-state index in [4.69, 9.17) is 0 Å². The highest BCUT2D eigenvalue weighted by molar-refractivity contribution is 5.69. The number of imidazole rings is 1. The molecular formula is C10H14N4O2. The van der Waals surface area contributed by atoms with Gasteiger partial charge in [0.05, 0.1) is 6.33 Å². The predicted octanol–water partition coefficient (Wildman–Crippen LogP) is -0.0635. The lowest BCUT2D eigenvalue weighted by Crippen LogP contribution is -2.39. The molecule has 0 fully saturated rings. The molecule has 2 heterocycles. The van der Waals surface area contributed by atoms with Crippen LogP contribution in [0.4, 0.5) is 0 Å². The average molecular weight is 222 g/mol. The summed E-state index contributed by atoms with van der Waals surface area (Å²) in [5.74, 6) is 0. The van der Waals surface area contributed by atoms with Crippen molar-refractivity contribution in [3.8, 4) is 0 Å². The van der Waals surface area contributed by atoms with Crippen LogP contribution in [0.3, 0.4) is 0 Å². The van der Waals surface area contributed by atoms with Gasteiger partial charge in [-0.05, 0) is 13.8 Å². The van der Waals surface area contributed by atoms with Crippen LogP contribution in [0, 0.1) is 0 Å². The van der Waals surface area contributed by atoms with E-state index < -0.39 is 0 Å². The Bertz CT molecular complexity index is 647. The van der Waals surface area contributed by atoms with Gasteiger partial charge in [0.15, 0.2) is 11.2 Å². The zero-order chi connectivity index (χ0) is 11.9. The molecule has 0 unspecified atom stereocenters. The smallest absolute Gasteiger partial charge is 0.325 e. The zero-order valence-corrected chi connectivity index (χ0v) is 9.60. The van der Waals surface area contributed by atoms with Gasteiger partial charge in [-0.15, -0.1) is 0 Å². The van der Waals surface area contributed by atoms with Gasteiger partial charge in [-0.2, -0.15) is 0 Å². The highest BCUT2D eigenvalue weighted by atomic mass is 16.2. The third-order valence-corrected chi connectivity index (χ3v) is 2.76. The molecule has 0 amide bonds. The van der Waals surface area contributed by atoms with E-state index in [9.17, 15) is 9.59 Å². The van der Waals surface area contributed by atoms with Crippen LogP contribution in [0.2, 0.25) is 0 Å². The SMILES string of the molecule is CCn1c(=O)c2c(ncn2CC)n(C)c1=O. The van der Waals surface area contributed by atoms with Crippen molar-refractivity contribution in [3.63, 3.8) is 0 Å². The molecule has 0 aliphatic rings. The molecule has 0 aromatic carbocycles. The quantitative estimate of drug-likeness (QED) is 0.715. The normalized spacial score (nSPS) is 11.2. The van der Waals surface area contributed by atoms with Crippen LogP contribution in [-0.4, -0.2) is 18.7 Å². The molecule has 0 radical (unpaired) electrons. The van der Waals surface area contributed by atoms with Crippen LogP contribution in [0.1, 0.15) is 13.8 Å². The fourth-order valence-electron chi connectivity index (χ4n) is 1.84. The van der Waals surface area contributed by atoms with Gasteiger partial charge in [0.25, 0.3) is 5.56 Å². The average Bonchev–Trinajstić information content (AvgIpc) is 2.70. The van der Waals surface area contributed by atoms with Gasteiger partial charge in [-0.25, -0.2) is 9.78 Å². The number of fused-ring (bicyclic) bond motifs is 1. The number of aryl methyl sites for hydroxylation is 2. The summed E-state index contributed by atoms with van der Waals surface area (Å²) >= 11 is 0. The van der Waals surface area contributed by atoms with Crippen LogP contribution in [0.25, 0.3) is 11.2 Å². The van der Waals surface area contributed by atoms with Gasteiger partial charge in [-0.1, -0.05) is 0 Å². The van der Waals surface area contributed by atoms with E-state index in [1.54, 1.807) is 24.9 Å². The van der Waals surface area contributed by atoms with Crippen molar-refractivity contribution in [2.45, 2.75) is 26.9 Å². The van der Waals surface area contributed by atoms with Crippen LogP contribution in [0.5, 0.6) is 0 Å². The molecule has 2 aromatic heterocycles. The maximum Gasteiger partial charge on any atom is 0.332 e. The first-order valence-electron chi connectivity index (χ1n) is 5.26. The van der Waals surface area contributed by atoms with E-state index >= 15 is 0 Å². The molecule has 0 atom stereocenters. The zero-order valence-electron chi connectivity index (χ0n) is 9.60. The molecule has 86 valence electrons. The highest BCUT2D eigenvalue weighted by Crippen LogP contribution is 2.04. The van der Waals surface area contributed by atoms with E-state index in [-0.39, 0.29) is 11.2 Å². The summed E-state index contributed by atoms with van der Waals surface area (Å²) in [7, 11) is 1.63. The Hall–Kier alpha value is -1.85. The number of nitrogens with zero attached hydrogens (tertiary/aromatic N) is 4. The van der Waals surface area contributed by atoms with Gasteiger partial charge >= 0.3 is 5.69 Å². The highest BCUT2D eigenvalue weighted by Gasteiger charge is 2.13. The molecule has 6 heteroatoms. The van der Waals surface area contributed by atoms with E-state index in [1.807, 2.05) is 6.92 Å². The molecule has 0 saturated heterocycles. The molecule has 0 spiro atoms. The van der Waals surface area contributed by atoms with Crippen molar-refractivity contribution >= 4 is 11.2 Å². The van der Waals surface area contributed by atoms with Crippen LogP contribution >= 0.6 is 0 Å². The van der Waals surface area contributed by atoms with Crippen LogP contribution in [0.15, 0.2) is 15.9 Å². The van der Waals surface area contributed by atoms with E-state index in [2.05, 4.69) is 4.98 Å². The van der Waals surface area contributed by atoms with Crippen molar-refractivity contribution in [3.05, 3.63) is 27.2 Å². The Morgan fingerprint density at radius 1 is 1.25 bits per heavy atom. The van der Waals surface area contributed by atoms with E-state index in [0.717, 1.165) is 0 Å². The third-order valence-electron chi connectivity index (χ3n) is 2.76. The first-order chi connectivity index (χ1) is 7.61. The summed E-state index contributed by atoms with van der Waals surface area (Å²) in [6, 6.07) is 0. The molecule has 0 bridgehead atoms. The molecule has 0 aliphatic heterocycles. The Balaban J connectivity index is 3.06. The summed E-state index contributed by atoms with van der Waals surface area (Å²) < 4.78 is 4.38. The molecule has 0 aliphatic carbocycles. The van der Waals surface area contributed by atoms with Crippen LogP contribution < -0.4 is 11.2 Å². The number of rotatable bonds is 2. The summed E-state index contributed by atoms with van der Waals surface area (Å²) in [4.78, 5) is 28.0. The molecule has 16 heavy (non-hydrogen) atoms. The Kier molecular flexibility index (Phi) is 2.41. The monoisotopic (exact) mass is 222 g/mol. The molecule has 6 nitrogen and oxygen atoms in total. The van der Waals surface area contributed by atoms with E-state index in [1.165, 1.54) is 9.13 Å². The minimum atomic E-state index is -0.318. The lowest BCUT2D eigenvalue weighted by atomic mass is 10.5. The third kappa shape index (κ3) is 1.22. The first-order valence-corrected chi connectivity index (χ1v) is 5.26. The number of hydrogen-bond acceptors (Lipinski definition) is 3. The van der Waals surface area contributed by atoms with E-state index in [0.29, 0.717) is 24.3 Å². The lowest BCUT2D eigenvalue weighted by molar-refractivity contribution is 0.633. The minimum Gasteiger partial charge on any atom is -0.325 e. The summed E-state index contributed by atoms with van der Waals surface area (Å²) in [6.07, 6.45) is 1.59. The van der Waals surface area contributed by atoms with Crippen molar-refractivity contribution in [1.82, 2.24) is 18.7 Å². The maximum absolute atomic E-state index is 12.1. The lowest BCUT2D eigenvalue weighted by Gasteiger charge is -2.06. The van der Waals surface area contributed by atoms with Crippen molar-refractivity contribution in [2.24, 2.45) is 7.05 Å². The van der Waals surface area contributed by atoms with Crippen molar-refractivity contribution < 1.29 is 0 Å². The number of aromatic nitrogens is 4. The standard InChI is InChI=1S/C10H14N4O2/c1-4-13-6-11-8-7(13)9(15)14(5-2)10(16)12(8)3/h6H,4-5H2,1-3H3. The Morgan fingerprint density at radius 3 is 2.50 bits per heavy atom. The second-order valence-corrected chi connectivity index (χ2v) is 3.59. The van der Waals surface area contributed by atoms with Crippen molar-refractivity contribution in [2.75, 3.05) is 0 Å². The number of hydrogen-bond donors (Lipinski definition) is 0. The van der Waals surface area contributed by atoms with Gasteiger partial charge in [0.1, 0.15) is 0 Å². The summed E-state index contributed by atoms with van der Waals surface area (Å²) in [5.41, 5.74) is 0.356. The molecular weight excluding hydrogens is 208 g/mol. The summed E-state index contributed by atoms with van der Waals surface area (Å²) in [5, 5.41) is 0. The minimum absolute atomic E-state index is 0.264. The molecule has 0 N–H and O–H groups in total. The topological polar surface area (TPSA) is 61.8 Å². The molecule has 2 rings (SSSR count). The first kappa shape index (κ1) is 10.7. The molecule has 2 aromatic rings. The van der Waals surface area contributed by atoms with Crippen LogP contribution in [-0.2, 0) is 20.1 Å². The van der Waals surface area contributed by atoms with Gasteiger partial charge < -0.3 is 4.57 Å². The predicted molar refractivity (Wildman–Crippen MR) is 60.6 cm³/mol. The second-order valence-electron chi connectivity index (χ2n) is 3.59. The second kappa shape index (κ2) is 3.62.